The van der Waals surface area contributed by atoms with Gasteiger partial charge in [-0.1, -0.05) is 36.4 Å². The summed E-state index contributed by atoms with van der Waals surface area (Å²) in [5.74, 6) is 0. The summed E-state index contributed by atoms with van der Waals surface area (Å²) < 4.78 is 0. The van der Waals surface area contributed by atoms with Gasteiger partial charge in [0.2, 0.25) is 0 Å². The lowest BCUT2D eigenvalue weighted by Gasteiger charge is -2.34. The topological polar surface area (TPSA) is 6.48 Å². The third-order valence-electron chi connectivity index (χ3n) is 4.16. The van der Waals surface area contributed by atoms with Crippen LogP contribution in [-0.4, -0.2) is 26.7 Å². The van der Waals surface area contributed by atoms with Crippen molar-refractivity contribution in [2.75, 3.05) is 30.9 Å². The molecule has 2 aromatic rings. The molecule has 0 heterocycles. The molecule has 0 radical (unpaired) electrons. The molecule has 2 rings (SSSR count). The minimum atomic E-state index is 0.130. The number of anilines is 2. The summed E-state index contributed by atoms with van der Waals surface area (Å²) in [5.41, 5.74) is 5.02. The lowest BCUT2D eigenvalue weighted by atomic mass is 10.1. The Hall–Kier alpha value is -2.22. The number of nitrogens with zero attached hydrogens (tertiary/aromatic N) is 2. The van der Waals surface area contributed by atoms with Crippen LogP contribution in [0.2, 0.25) is 0 Å². The maximum absolute atomic E-state index is 2.29. The van der Waals surface area contributed by atoms with Crippen molar-refractivity contribution in [1.82, 2.24) is 0 Å². The van der Waals surface area contributed by atoms with Gasteiger partial charge < -0.3 is 9.80 Å². The van der Waals surface area contributed by atoms with Gasteiger partial charge in [0.25, 0.3) is 0 Å². The predicted octanol–water partition coefficient (Wildman–Crippen LogP) is 5.16. The molecule has 0 atom stereocenters. The van der Waals surface area contributed by atoms with Crippen LogP contribution in [0.25, 0.3) is 12.2 Å². The summed E-state index contributed by atoms with van der Waals surface area (Å²) in [7, 11) is 6.25. The minimum absolute atomic E-state index is 0.130. The molecular formula is C21H28N2. The molecule has 0 bridgehead atoms. The first-order chi connectivity index (χ1) is 10.8. The van der Waals surface area contributed by atoms with Gasteiger partial charge in [-0.05, 0) is 56.2 Å². The quantitative estimate of drug-likeness (QED) is 0.720. The van der Waals surface area contributed by atoms with Crippen LogP contribution in [0, 0.1) is 0 Å². The highest BCUT2D eigenvalue weighted by atomic mass is 15.2. The van der Waals surface area contributed by atoms with Gasteiger partial charge in [-0.15, -0.1) is 0 Å². The van der Waals surface area contributed by atoms with Gasteiger partial charge in [-0.2, -0.15) is 0 Å². The van der Waals surface area contributed by atoms with E-state index < -0.39 is 0 Å². The average Bonchev–Trinajstić information content (AvgIpc) is 2.52. The molecule has 0 saturated carbocycles. The van der Waals surface area contributed by atoms with E-state index in [1.54, 1.807) is 0 Å². The molecule has 0 amide bonds. The zero-order valence-electron chi connectivity index (χ0n) is 15.2. The fraction of sp³-hybridized carbons (Fsp3) is 0.333. The Morgan fingerprint density at radius 2 is 1.04 bits per heavy atom. The van der Waals surface area contributed by atoms with Gasteiger partial charge in [0.15, 0.2) is 0 Å². The Balaban J connectivity index is 2.08. The third kappa shape index (κ3) is 4.62. The molecule has 2 heteroatoms. The van der Waals surface area contributed by atoms with Crippen molar-refractivity contribution in [1.29, 1.82) is 0 Å². The van der Waals surface area contributed by atoms with E-state index in [0.717, 1.165) is 0 Å². The van der Waals surface area contributed by atoms with Crippen molar-refractivity contribution in [3.8, 4) is 0 Å². The Morgan fingerprint density at radius 3 is 1.39 bits per heavy atom. The molecule has 0 spiro atoms. The van der Waals surface area contributed by atoms with E-state index in [9.17, 15) is 0 Å². The first-order valence-corrected chi connectivity index (χ1v) is 8.07. The fourth-order valence-corrected chi connectivity index (χ4v) is 2.27. The van der Waals surface area contributed by atoms with E-state index in [-0.39, 0.29) is 5.54 Å². The Morgan fingerprint density at radius 1 is 0.652 bits per heavy atom. The predicted molar refractivity (Wildman–Crippen MR) is 104 cm³/mol. The zero-order valence-corrected chi connectivity index (χ0v) is 15.2. The summed E-state index contributed by atoms with van der Waals surface area (Å²) in [6.45, 7) is 6.66. The highest BCUT2D eigenvalue weighted by Crippen LogP contribution is 2.22. The largest absolute Gasteiger partial charge is 0.378 e. The molecule has 0 aliphatic carbocycles. The second-order valence-electron chi connectivity index (χ2n) is 7.14. The molecule has 2 nitrogen and oxygen atoms in total. The van der Waals surface area contributed by atoms with Crippen molar-refractivity contribution in [3.05, 3.63) is 59.7 Å². The average molecular weight is 308 g/mol. The molecule has 122 valence electrons. The highest BCUT2D eigenvalue weighted by Gasteiger charge is 2.16. The monoisotopic (exact) mass is 308 g/mol. The molecule has 0 aliphatic rings. The maximum atomic E-state index is 2.29. The number of hydrogen-bond acceptors (Lipinski definition) is 2. The Bertz CT molecular complexity index is 644. The second kappa shape index (κ2) is 6.91. The van der Waals surface area contributed by atoms with E-state index in [1.807, 2.05) is 0 Å². The van der Waals surface area contributed by atoms with Gasteiger partial charge in [0.1, 0.15) is 0 Å². The summed E-state index contributed by atoms with van der Waals surface area (Å²) in [4.78, 5) is 4.40. The molecule has 2 aromatic carbocycles. The molecule has 0 unspecified atom stereocenters. The van der Waals surface area contributed by atoms with E-state index in [2.05, 4.69) is 112 Å². The number of hydrogen-bond donors (Lipinski definition) is 0. The summed E-state index contributed by atoms with van der Waals surface area (Å²) in [6, 6.07) is 17.3. The van der Waals surface area contributed by atoms with Gasteiger partial charge in [0, 0.05) is 38.1 Å². The lowest BCUT2D eigenvalue weighted by Crippen LogP contribution is -2.37. The smallest absolute Gasteiger partial charge is 0.0368 e. The van der Waals surface area contributed by atoms with Crippen LogP contribution in [0.5, 0.6) is 0 Å². The number of rotatable bonds is 4. The Kier molecular flexibility index (Phi) is 5.15. The van der Waals surface area contributed by atoms with E-state index in [0.29, 0.717) is 0 Å². The van der Waals surface area contributed by atoms with Crippen LogP contribution in [-0.2, 0) is 0 Å². The van der Waals surface area contributed by atoms with Crippen LogP contribution in [0.15, 0.2) is 48.5 Å². The van der Waals surface area contributed by atoms with E-state index in [4.69, 9.17) is 0 Å². The van der Waals surface area contributed by atoms with Crippen molar-refractivity contribution in [2.24, 2.45) is 0 Å². The van der Waals surface area contributed by atoms with Gasteiger partial charge in [-0.25, -0.2) is 0 Å². The van der Waals surface area contributed by atoms with Gasteiger partial charge in [0.05, 0.1) is 0 Å². The summed E-state index contributed by atoms with van der Waals surface area (Å²) >= 11 is 0. The van der Waals surface area contributed by atoms with Crippen LogP contribution >= 0.6 is 0 Å². The van der Waals surface area contributed by atoms with Crippen LogP contribution < -0.4 is 9.80 Å². The van der Waals surface area contributed by atoms with Crippen molar-refractivity contribution < 1.29 is 0 Å². The van der Waals surface area contributed by atoms with Crippen LogP contribution in [0.3, 0.4) is 0 Å². The van der Waals surface area contributed by atoms with Crippen LogP contribution in [0.4, 0.5) is 11.4 Å². The molecule has 0 saturated heterocycles. The zero-order chi connectivity index (χ0) is 17.0. The lowest BCUT2D eigenvalue weighted by molar-refractivity contribution is 0.539. The van der Waals surface area contributed by atoms with Crippen molar-refractivity contribution in [2.45, 2.75) is 26.3 Å². The molecule has 0 aliphatic heterocycles. The molecule has 0 aromatic heterocycles. The molecule has 23 heavy (non-hydrogen) atoms. The first kappa shape index (κ1) is 17.1. The van der Waals surface area contributed by atoms with Crippen molar-refractivity contribution in [3.63, 3.8) is 0 Å². The molecular weight excluding hydrogens is 280 g/mol. The first-order valence-electron chi connectivity index (χ1n) is 8.07. The fourth-order valence-electron chi connectivity index (χ4n) is 2.27. The summed E-state index contributed by atoms with van der Waals surface area (Å²) in [6.07, 6.45) is 4.31. The highest BCUT2D eigenvalue weighted by molar-refractivity contribution is 5.71. The molecule has 0 N–H and O–H groups in total. The summed E-state index contributed by atoms with van der Waals surface area (Å²) in [5, 5.41) is 0. The minimum Gasteiger partial charge on any atom is -0.378 e. The molecule has 0 fully saturated rings. The normalized spacial score (nSPS) is 11.7. The SMILES string of the molecule is CN(C)c1ccc(/C=C/c2ccc(N(C)C(C)(C)C)cc2)cc1. The standard InChI is InChI=1S/C21H28N2/c1-21(2,3)23(6)20-15-11-18(12-16-20)8-7-17-9-13-19(14-10-17)22(4)5/h7-16H,1-6H3/b8-7+. The Labute approximate surface area is 141 Å². The second-order valence-corrected chi connectivity index (χ2v) is 7.14. The van der Waals surface area contributed by atoms with Gasteiger partial charge in [-0.3, -0.25) is 0 Å². The maximum Gasteiger partial charge on any atom is 0.0368 e. The van der Waals surface area contributed by atoms with Crippen molar-refractivity contribution >= 4 is 23.5 Å². The van der Waals surface area contributed by atoms with E-state index >= 15 is 0 Å². The number of benzene rings is 2. The van der Waals surface area contributed by atoms with Crippen LogP contribution in [0.1, 0.15) is 31.9 Å². The van der Waals surface area contributed by atoms with E-state index in [1.165, 1.54) is 22.5 Å². The third-order valence-corrected chi connectivity index (χ3v) is 4.16. The van der Waals surface area contributed by atoms with Gasteiger partial charge >= 0.3 is 0 Å².